The SMILES string of the molecule is COc1ccc(NC(=S)N(C)[C@@]2(c3ccccc3Cl)CCCCC2=O)cc1. The van der Waals surface area contributed by atoms with Gasteiger partial charge in [-0.3, -0.25) is 4.79 Å². The van der Waals surface area contributed by atoms with Crippen molar-refractivity contribution in [1.29, 1.82) is 0 Å². The lowest BCUT2D eigenvalue weighted by Gasteiger charge is -2.45. The second kappa shape index (κ2) is 8.28. The maximum Gasteiger partial charge on any atom is 0.174 e. The molecule has 2 aromatic rings. The number of thiocarbonyl (C=S) groups is 1. The molecule has 2 aromatic carbocycles. The van der Waals surface area contributed by atoms with Crippen molar-refractivity contribution < 1.29 is 9.53 Å². The van der Waals surface area contributed by atoms with E-state index in [0.717, 1.165) is 29.8 Å². The predicted molar refractivity (Wildman–Crippen MR) is 114 cm³/mol. The maximum absolute atomic E-state index is 13.1. The summed E-state index contributed by atoms with van der Waals surface area (Å²) in [6.45, 7) is 0. The van der Waals surface area contributed by atoms with Gasteiger partial charge in [-0.25, -0.2) is 0 Å². The summed E-state index contributed by atoms with van der Waals surface area (Å²) in [5, 5.41) is 4.30. The Bertz CT molecular complexity index is 840. The molecule has 6 heteroatoms. The van der Waals surface area contributed by atoms with Gasteiger partial charge in [0.2, 0.25) is 0 Å². The first-order valence-electron chi connectivity index (χ1n) is 8.96. The number of hydrogen-bond acceptors (Lipinski definition) is 3. The number of methoxy groups -OCH3 is 1. The second-order valence-electron chi connectivity index (χ2n) is 6.69. The van der Waals surface area contributed by atoms with E-state index >= 15 is 0 Å². The topological polar surface area (TPSA) is 41.6 Å². The number of ketones is 1. The number of carbonyl (C=O) groups excluding carboxylic acids is 1. The molecule has 1 N–H and O–H groups in total. The Morgan fingerprint density at radius 3 is 2.52 bits per heavy atom. The van der Waals surface area contributed by atoms with Crippen LogP contribution in [-0.4, -0.2) is 30.0 Å². The molecule has 0 spiro atoms. The van der Waals surface area contributed by atoms with Crippen molar-refractivity contribution in [1.82, 2.24) is 4.90 Å². The van der Waals surface area contributed by atoms with Gasteiger partial charge in [-0.2, -0.15) is 0 Å². The summed E-state index contributed by atoms with van der Waals surface area (Å²) in [7, 11) is 3.49. The Labute approximate surface area is 170 Å². The van der Waals surface area contributed by atoms with E-state index in [-0.39, 0.29) is 5.78 Å². The number of Topliss-reactive ketones (excluding diaryl/α,β-unsaturated/α-hetero) is 1. The summed E-state index contributed by atoms with van der Waals surface area (Å²) in [5.41, 5.74) is 0.815. The monoisotopic (exact) mass is 402 g/mol. The van der Waals surface area contributed by atoms with Gasteiger partial charge in [0.05, 0.1) is 7.11 Å². The van der Waals surface area contributed by atoms with E-state index in [2.05, 4.69) is 5.32 Å². The molecule has 1 saturated carbocycles. The van der Waals surface area contributed by atoms with Crippen molar-refractivity contribution >= 4 is 40.4 Å². The van der Waals surface area contributed by atoms with Crippen molar-refractivity contribution in [2.24, 2.45) is 0 Å². The standard InChI is InChI=1S/C21H23ClN2O2S/c1-24(20(27)23-15-10-12-16(26-2)13-11-15)21(14-6-5-9-19(21)25)17-7-3-4-8-18(17)22/h3-4,7-8,10-13H,5-6,9,14H2,1-2H3,(H,23,27)/t21-/m1/s1. The van der Waals surface area contributed by atoms with E-state index in [1.54, 1.807) is 7.11 Å². The van der Waals surface area contributed by atoms with Gasteiger partial charge in [-0.1, -0.05) is 29.8 Å². The molecular formula is C21H23ClN2O2S. The molecule has 0 aliphatic heterocycles. The van der Waals surface area contributed by atoms with Crippen molar-refractivity contribution in [2.45, 2.75) is 31.2 Å². The Morgan fingerprint density at radius 2 is 1.89 bits per heavy atom. The summed E-state index contributed by atoms with van der Waals surface area (Å²) in [6.07, 6.45) is 3.07. The highest BCUT2D eigenvalue weighted by Crippen LogP contribution is 2.42. The zero-order valence-electron chi connectivity index (χ0n) is 15.5. The molecule has 0 unspecified atom stereocenters. The molecular weight excluding hydrogens is 380 g/mol. The molecule has 0 radical (unpaired) electrons. The largest absolute Gasteiger partial charge is 0.497 e. The highest BCUT2D eigenvalue weighted by molar-refractivity contribution is 7.80. The number of nitrogens with one attached hydrogen (secondary N) is 1. The Hall–Kier alpha value is -2.11. The van der Waals surface area contributed by atoms with E-state index in [1.807, 2.05) is 60.5 Å². The van der Waals surface area contributed by atoms with Gasteiger partial charge in [0.1, 0.15) is 11.3 Å². The molecule has 0 heterocycles. The summed E-state index contributed by atoms with van der Waals surface area (Å²) >= 11 is 12.2. The van der Waals surface area contributed by atoms with Gasteiger partial charge in [0.25, 0.3) is 0 Å². The van der Waals surface area contributed by atoms with E-state index in [0.29, 0.717) is 23.0 Å². The number of halogens is 1. The third-order valence-corrected chi connectivity index (χ3v) is 5.90. The van der Waals surface area contributed by atoms with Gasteiger partial charge in [-0.15, -0.1) is 0 Å². The fraction of sp³-hybridized carbons (Fsp3) is 0.333. The van der Waals surface area contributed by atoms with E-state index in [4.69, 9.17) is 28.6 Å². The number of rotatable bonds is 4. The van der Waals surface area contributed by atoms with Gasteiger partial charge in [0.15, 0.2) is 10.9 Å². The van der Waals surface area contributed by atoms with Crippen LogP contribution < -0.4 is 10.1 Å². The van der Waals surface area contributed by atoms with Crippen LogP contribution in [0.3, 0.4) is 0 Å². The number of hydrogen-bond donors (Lipinski definition) is 1. The van der Waals surface area contributed by atoms with Crippen LogP contribution >= 0.6 is 23.8 Å². The lowest BCUT2D eigenvalue weighted by Crippen LogP contribution is -2.55. The minimum atomic E-state index is -0.840. The van der Waals surface area contributed by atoms with Crippen LogP contribution in [0.15, 0.2) is 48.5 Å². The molecule has 1 atom stereocenters. The van der Waals surface area contributed by atoms with Crippen LogP contribution in [0.2, 0.25) is 5.02 Å². The Kier molecular flexibility index (Phi) is 6.02. The van der Waals surface area contributed by atoms with Crippen LogP contribution in [0.25, 0.3) is 0 Å². The first-order valence-corrected chi connectivity index (χ1v) is 9.75. The van der Waals surface area contributed by atoms with Crippen molar-refractivity contribution in [3.05, 3.63) is 59.1 Å². The molecule has 4 nitrogen and oxygen atoms in total. The van der Waals surface area contributed by atoms with Gasteiger partial charge in [0, 0.05) is 29.7 Å². The molecule has 0 amide bonds. The smallest absolute Gasteiger partial charge is 0.174 e. The first kappa shape index (κ1) is 19.6. The fourth-order valence-electron chi connectivity index (χ4n) is 3.68. The Balaban J connectivity index is 1.93. The fourth-order valence-corrected chi connectivity index (χ4v) is 4.25. The number of nitrogens with zero attached hydrogens (tertiary/aromatic N) is 1. The molecule has 142 valence electrons. The maximum atomic E-state index is 13.1. The number of benzene rings is 2. The molecule has 1 aliphatic rings. The van der Waals surface area contributed by atoms with Crippen LogP contribution in [-0.2, 0) is 10.3 Å². The molecule has 3 rings (SSSR count). The molecule has 0 saturated heterocycles. The number of ether oxygens (including phenoxy) is 1. The summed E-state index contributed by atoms with van der Waals surface area (Å²) in [5.74, 6) is 0.929. The molecule has 1 fully saturated rings. The van der Waals surface area contributed by atoms with Gasteiger partial charge < -0.3 is 15.0 Å². The predicted octanol–water partition coefficient (Wildman–Crippen LogP) is 5.02. The second-order valence-corrected chi connectivity index (χ2v) is 7.48. The number of likely N-dealkylation sites (N-methyl/N-ethyl adjacent to an activating group) is 1. The lowest BCUT2D eigenvalue weighted by molar-refractivity contribution is -0.131. The molecule has 0 aromatic heterocycles. The van der Waals surface area contributed by atoms with Crippen molar-refractivity contribution in [2.75, 3.05) is 19.5 Å². The van der Waals surface area contributed by atoms with E-state index in [1.165, 1.54) is 0 Å². The zero-order valence-corrected chi connectivity index (χ0v) is 17.1. The van der Waals surface area contributed by atoms with Gasteiger partial charge >= 0.3 is 0 Å². The minimum Gasteiger partial charge on any atom is -0.497 e. The molecule has 27 heavy (non-hydrogen) atoms. The summed E-state index contributed by atoms with van der Waals surface area (Å²) in [6, 6.07) is 15.1. The number of carbonyl (C=O) groups is 1. The average molecular weight is 403 g/mol. The first-order chi connectivity index (χ1) is 13.0. The highest BCUT2D eigenvalue weighted by Gasteiger charge is 2.47. The van der Waals surface area contributed by atoms with E-state index < -0.39 is 5.54 Å². The van der Waals surface area contributed by atoms with Crippen LogP contribution in [0, 0.1) is 0 Å². The van der Waals surface area contributed by atoms with Crippen LogP contribution in [0.1, 0.15) is 31.2 Å². The van der Waals surface area contributed by atoms with Gasteiger partial charge in [-0.05, 0) is 61.8 Å². The number of anilines is 1. The van der Waals surface area contributed by atoms with Crippen molar-refractivity contribution in [3.63, 3.8) is 0 Å². The summed E-state index contributed by atoms with van der Waals surface area (Å²) in [4.78, 5) is 15.0. The van der Waals surface area contributed by atoms with E-state index in [9.17, 15) is 4.79 Å². The highest BCUT2D eigenvalue weighted by atomic mass is 35.5. The molecule has 0 bridgehead atoms. The quantitative estimate of drug-likeness (QED) is 0.727. The summed E-state index contributed by atoms with van der Waals surface area (Å²) < 4.78 is 5.19. The Morgan fingerprint density at radius 1 is 1.19 bits per heavy atom. The minimum absolute atomic E-state index is 0.156. The third-order valence-electron chi connectivity index (χ3n) is 5.19. The van der Waals surface area contributed by atoms with Crippen LogP contribution in [0.4, 0.5) is 5.69 Å². The van der Waals surface area contributed by atoms with Crippen molar-refractivity contribution in [3.8, 4) is 5.75 Å². The average Bonchev–Trinajstić information content (AvgIpc) is 2.69. The third kappa shape index (κ3) is 3.80. The zero-order chi connectivity index (χ0) is 19.4. The molecule has 1 aliphatic carbocycles. The normalized spacial score (nSPS) is 19.4. The van der Waals surface area contributed by atoms with Crippen LogP contribution in [0.5, 0.6) is 5.75 Å². The lowest BCUT2D eigenvalue weighted by atomic mass is 9.74.